The molecule has 0 radical (unpaired) electrons. The largest absolute Gasteiger partial charge is 0.491 e. The van der Waals surface area contributed by atoms with Crippen LogP contribution in [0.1, 0.15) is 41.6 Å². The number of hydrogen-bond donors (Lipinski definition) is 2. The minimum atomic E-state index is -0.582. The molecule has 134 valence electrons. The lowest BCUT2D eigenvalue weighted by atomic mass is 9.94. The predicted molar refractivity (Wildman–Crippen MR) is 87.2 cm³/mol. The molecule has 0 aliphatic carbocycles. The van der Waals surface area contributed by atoms with E-state index in [1.807, 2.05) is 4.90 Å². The molecular weight excluding hydrogens is 324 g/mol. The van der Waals surface area contributed by atoms with Gasteiger partial charge in [0.2, 0.25) is 5.91 Å². The summed E-state index contributed by atoms with van der Waals surface area (Å²) in [5.41, 5.74) is 2.81. The van der Waals surface area contributed by atoms with Crippen LogP contribution in [0.15, 0.2) is 18.2 Å². The summed E-state index contributed by atoms with van der Waals surface area (Å²) < 4.78 is 11.6. The molecule has 2 fully saturated rings. The first-order valence-corrected chi connectivity index (χ1v) is 8.78. The van der Waals surface area contributed by atoms with E-state index in [9.17, 15) is 9.59 Å². The number of hydroxylamine groups is 1. The van der Waals surface area contributed by atoms with Crippen molar-refractivity contribution in [3.05, 3.63) is 29.3 Å². The van der Waals surface area contributed by atoms with E-state index in [1.165, 1.54) is 0 Å². The maximum atomic E-state index is 13.0. The molecule has 3 heterocycles. The van der Waals surface area contributed by atoms with Crippen LogP contribution in [-0.2, 0) is 16.1 Å². The molecule has 7 nitrogen and oxygen atoms in total. The lowest BCUT2D eigenvalue weighted by molar-refractivity contribution is -0.142. The Morgan fingerprint density at radius 3 is 2.68 bits per heavy atom. The van der Waals surface area contributed by atoms with Gasteiger partial charge in [0.15, 0.2) is 0 Å². The molecule has 2 amide bonds. The van der Waals surface area contributed by atoms with Crippen molar-refractivity contribution in [1.82, 2.24) is 10.4 Å². The van der Waals surface area contributed by atoms with Crippen molar-refractivity contribution in [2.45, 2.75) is 44.4 Å². The monoisotopic (exact) mass is 346 g/mol. The van der Waals surface area contributed by atoms with Gasteiger partial charge in [0.05, 0.1) is 18.8 Å². The Bertz CT molecular complexity index is 680. The van der Waals surface area contributed by atoms with Crippen molar-refractivity contribution in [3.63, 3.8) is 0 Å². The van der Waals surface area contributed by atoms with Crippen LogP contribution in [0.25, 0.3) is 0 Å². The van der Waals surface area contributed by atoms with E-state index >= 15 is 0 Å². The first-order valence-electron chi connectivity index (χ1n) is 8.78. The van der Waals surface area contributed by atoms with Crippen LogP contribution in [0, 0.1) is 5.92 Å². The summed E-state index contributed by atoms with van der Waals surface area (Å²) >= 11 is 0. The maximum Gasteiger partial charge on any atom is 0.274 e. The SMILES string of the molecule is O=C(NO)c1ccc2c(c1)OCCN(C(=O)C1CC3CCC(C1)O3)C2. The van der Waals surface area contributed by atoms with Gasteiger partial charge in [-0.3, -0.25) is 14.8 Å². The number of nitrogens with zero attached hydrogens (tertiary/aromatic N) is 1. The molecule has 1 aromatic carbocycles. The number of hydrogen-bond acceptors (Lipinski definition) is 5. The van der Waals surface area contributed by atoms with Crippen LogP contribution in [0.5, 0.6) is 5.75 Å². The van der Waals surface area contributed by atoms with Crippen molar-refractivity contribution >= 4 is 11.8 Å². The minimum Gasteiger partial charge on any atom is -0.491 e. The fourth-order valence-corrected chi connectivity index (χ4v) is 4.08. The number of ether oxygens (including phenoxy) is 2. The zero-order valence-corrected chi connectivity index (χ0v) is 13.9. The van der Waals surface area contributed by atoms with Crippen LogP contribution in [0.4, 0.5) is 0 Å². The van der Waals surface area contributed by atoms with Gasteiger partial charge < -0.3 is 14.4 Å². The third-order valence-corrected chi connectivity index (χ3v) is 5.36. The first kappa shape index (κ1) is 16.4. The number of rotatable bonds is 2. The zero-order valence-electron chi connectivity index (χ0n) is 13.9. The highest BCUT2D eigenvalue weighted by atomic mass is 16.5. The summed E-state index contributed by atoms with van der Waals surface area (Å²) in [5.74, 6) is 0.214. The van der Waals surface area contributed by atoms with Crippen molar-refractivity contribution in [3.8, 4) is 5.75 Å². The number of benzene rings is 1. The number of nitrogens with one attached hydrogen (secondary N) is 1. The third kappa shape index (κ3) is 3.21. The second-order valence-corrected chi connectivity index (χ2v) is 7.00. The Balaban J connectivity index is 1.49. The Kier molecular flexibility index (Phi) is 4.35. The van der Waals surface area contributed by atoms with Crippen molar-refractivity contribution in [1.29, 1.82) is 0 Å². The third-order valence-electron chi connectivity index (χ3n) is 5.36. The highest BCUT2D eigenvalue weighted by molar-refractivity contribution is 5.93. The smallest absolute Gasteiger partial charge is 0.274 e. The Morgan fingerprint density at radius 1 is 1.20 bits per heavy atom. The highest BCUT2D eigenvalue weighted by Gasteiger charge is 2.39. The van der Waals surface area contributed by atoms with Gasteiger partial charge in [0.1, 0.15) is 12.4 Å². The van der Waals surface area contributed by atoms with Gasteiger partial charge in [-0.2, -0.15) is 0 Å². The van der Waals surface area contributed by atoms with Gasteiger partial charge in [0, 0.05) is 23.6 Å². The van der Waals surface area contributed by atoms with Crippen LogP contribution in [0.2, 0.25) is 0 Å². The van der Waals surface area contributed by atoms with Gasteiger partial charge in [0.25, 0.3) is 5.91 Å². The van der Waals surface area contributed by atoms with Gasteiger partial charge in [-0.05, 0) is 37.8 Å². The quantitative estimate of drug-likeness (QED) is 0.626. The van der Waals surface area contributed by atoms with E-state index in [4.69, 9.17) is 14.7 Å². The summed E-state index contributed by atoms with van der Waals surface area (Å²) in [6.07, 6.45) is 4.24. The van der Waals surface area contributed by atoms with Crippen LogP contribution >= 0.6 is 0 Å². The highest BCUT2D eigenvalue weighted by Crippen LogP contribution is 2.37. The Hall–Kier alpha value is -2.12. The Labute approximate surface area is 145 Å². The topological polar surface area (TPSA) is 88.1 Å². The Morgan fingerprint density at radius 2 is 1.96 bits per heavy atom. The molecule has 1 aromatic rings. The molecule has 4 rings (SSSR count). The molecule has 2 N–H and O–H groups in total. The number of amides is 2. The standard InChI is InChI=1S/C18H22N2O5/c21-17(19-23)11-1-2-12-10-20(5-6-24-16(12)9-11)18(22)13-7-14-3-4-15(8-13)25-14/h1-2,9,13-15,23H,3-8,10H2,(H,19,21). The van der Waals surface area contributed by atoms with Gasteiger partial charge in [-0.15, -0.1) is 0 Å². The molecule has 0 saturated carbocycles. The fourth-order valence-electron chi connectivity index (χ4n) is 4.08. The van der Waals surface area contributed by atoms with Crippen LogP contribution in [-0.4, -0.2) is 47.3 Å². The van der Waals surface area contributed by atoms with Crippen LogP contribution in [0.3, 0.4) is 0 Å². The average molecular weight is 346 g/mol. The maximum absolute atomic E-state index is 13.0. The zero-order chi connectivity index (χ0) is 17.4. The molecule has 7 heteroatoms. The minimum absolute atomic E-state index is 0.0345. The summed E-state index contributed by atoms with van der Waals surface area (Å²) in [6.45, 7) is 1.39. The number of fused-ring (bicyclic) bond motifs is 3. The van der Waals surface area contributed by atoms with E-state index in [0.29, 0.717) is 31.0 Å². The molecule has 2 unspecified atom stereocenters. The van der Waals surface area contributed by atoms with Gasteiger partial charge in [-0.25, -0.2) is 5.48 Å². The lowest BCUT2D eigenvalue weighted by Crippen LogP contribution is -2.41. The molecule has 25 heavy (non-hydrogen) atoms. The van der Waals surface area contributed by atoms with E-state index in [1.54, 1.807) is 23.7 Å². The average Bonchev–Trinajstić information content (AvgIpc) is 2.85. The number of carbonyl (C=O) groups excluding carboxylic acids is 2. The molecule has 2 atom stereocenters. The van der Waals surface area contributed by atoms with Crippen molar-refractivity contribution in [2.24, 2.45) is 5.92 Å². The van der Waals surface area contributed by atoms with E-state index in [2.05, 4.69) is 0 Å². The molecule has 3 aliphatic rings. The first-order chi connectivity index (χ1) is 12.1. The second-order valence-electron chi connectivity index (χ2n) is 7.00. The summed E-state index contributed by atoms with van der Waals surface area (Å²) in [4.78, 5) is 26.4. The molecule has 2 saturated heterocycles. The molecule has 0 aromatic heterocycles. The lowest BCUT2D eigenvalue weighted by Gasteiger charge is -2.31. The van der Waals surface area contributed by atoms with Crippen molar-refractivity contribution in [2.75, 3.05) is 13.2 Å². The molecule has 0 spiro atoms. The van der Waals surface area contributed by atoms with Gasteiger partial charge in [-0.1, -0.05) is 6.07 Å². The normalized spacial score (nSPS) is 27.9. The summed E-state index contributed by atoms with van der Waals surface area (Å²) in [6, 6.07) is 5.00. The second kappa shape index (κ2) is 6.65. The van der Waals surface area contributed by atoms with E-state index < -0.39 is 5.91 Å². The van der Waals surface area contributed by atoms with E-state index in [0.717, 1.165) is 31.2 Å². The predicted octanol–water partition coefficient (Wildman–Crippen LogP) is 1.48. The summed E-state index contributed by atoms with van der Waals surface area (Å²) in [7, 11) is 0. The molecule has 2 bridgehead atoms. The van der Waals surface area contributed by atoms with Crippen LogP contribution < -0.4 is 10.2 Å². The fraction of sp³-hybridized carbons (Fsp3) is 0.556. The molecular formula is C18H22N2O5. The van der Waals surface area contributed by atoms with Gasteiger partial charge >= 0.3 is 0 Å². The summed E-state index contributed by atoms with van der Waals surface area (Å²) in [5, 5.41) is 8.75. The van der Waals surface area contributed by atoms with E-state index in [-0.39, 0.29) is 24.0 Å². The molecule has 3 aliphatic heterocycles. The number of carbonyl (C=O) groups is 2. The van der Waals surface area contributed by atoms with Crippen molar-refractivity contribution < 1.29 is 24.3 Å².